The molecule has 0 aromatic carbocycles. The highest BCUT2D eigenvalue weighted by Crippen LogP contribution is 2.02. The van der Waals surface area contributed by atoms with Crippen LogP contribution >= 0.6 is 0 Å². The van der Waals surface area contributed by atoms with Crippen molar-refractivity contribution in [2.45, 2.75) is 24.4 Å². The lowest BCUT2D eigenvalue weighted by Crippen LogP contribution is -2.46. The van der Waals surface area contributed by atoms with Crippen molar-refractivity contribution in [1.29, 1.82) is 0 Å². The minimum atomic E-state index is -1.79. The maximum atomic E-state index is 9.90. The highest BCUT2D eigenvalue weighted by atomic mass is 16.4. The molecule has 72 valence electrons. The molecule has 4 atom stereocenters. The fourth-order valence-electron chi connectivity index (χ4n) is 0.618. The van der Waals surface area contributed by atoms with Gasteiger partial charge in [-0.3, -0.25) is 0 Å². The number of carbonyl (C=O) groups is 1. The zero-order chi connectivity index (χ0) is 9.72. The maximum absolute atomic E-state index is 9.90. The standard InChI is InChI=1S/C6H12O6/c7-1-3(9)5(11)6(12)4(10)2-8/h1,3-6,8-12H,2H2/t3-,4+,5+,6+/m0/s1/i1+1,5+1. The van der Waals surface area contributed by atoms with Crippen LogP contribution in [0.5, 0.6) is 0 Å². The van der Waals surface area contributed by atoms with E-state index in [4.69, 9.17) is 25.5 Å². The van der Waals surface area contributed by atoms with Gasteiger partial charge in [0, 0.05) is 0 Å². The number of carbonyl (C=O) groups excluding carboxylic acids is 1. The lowest BCUT2D eigenvalue weighted by atomic mass is 10.2. The third kappa shape index (κ3) is 2.84. The first-order valence-corrected chi connectivity index (χ1v) is 3.33. The second kappa shape index (κ2) is 5.18. The average Bonchev–Trinajstić information content (AvgIpc) is 2.12. The molecule has 0 heterocycles. The van der Waals surface area contributed by atoms with E-state index in [1.807, 2.05) is 0 Å². The van der Waals surface area contributed by atoms with E-state index in [-0.39, 0.29) is 6.29 Å². The summed E-state index contributed by atoms with van der Waals surface area (Å²) in [4.78, 5) is 9.90. The molecule has 0 aliphatic carbocycles. The summed E-state index contributed by atoms with van der Waals surface area (Å²) in [5, 5.41) is 43.5. The van der Waals surface area contributed by atoms with E-state index in [1.54, 1.807) is 0 Å². The lowest BCUT2D eigenvalue weighted by Gasteiger charge is -2.22. The van der Waals surface area contributed by atoms with Crippen molar-refractivity contribution in [3.63, 3.8) is 0 Å². The largest absolute Gasteiger partial charge is 0.394 e. The smallest absolute Gasteiger partial charge is 0.151 e. The van der Waals surface area contributed by atoms with E-state index >= 15 is 0 Å². The maximum Gasteiger partial charge on any atom is 0.151 e. The molecule has 0 rings (SSSR count). The highest BCUT2D eigenvalue weighted by molar-refractivity contribution is 5.56. The molecule has 0 aliphatic rings. The van der Waals surface area contributed by atoms with Crippen LogP contribution in [0.4, 0.5) is 0 Å². The van der Waals surface area contributed by atoms with E-state index in [2.05, 4.69) is 0 Å². The minimum Gasteiger partial charge on any atom is -0.394 e. The van der Waals surface area contributed by atoms with Crippen LogP contribution in [0.3, 0.4) is 0 Å². The summed E-state index contributed by atoms with van der Waals surface area (Å²) in [5.41, 5.74) is 0. The minimum absolute atomic E-state index is 0.0258. The molecule has 0 aromatic heterocycles. The fraction of sp³-hybridized carbons (Fsp3) is 0.833. The van der Waals surface area contributed by atoms with Crippen molar-refractivity contribution >= 4 is 6.29 Å². The predicted octanol–water partition coefficient (Wildman–Crippen LogP) is -3.38. The van der Waals surface area contributed by atoms with E-state index in [9.17, 15) is 4.79 Å². The zero-order valence-corrected chi connectivity index (χ0v) is 6.24. The van der Waals surface area contributed by atoms with E-state index in [1.165, 1.54) is 0 Å². The van der Waals surface area contributed by atoms with Gasteiger partial charge in [0.05, 0.1) is 6.61 Å². The van der Waals surface area contributed by atoms with Crippen molar-refractivity contribution in [3.05, 3.63) is 0 Å². The Balaban J connectivity index is 4.07. The highest BCUT2D eigenvalue weighted by Gasteiger charge is 2.29. The lowest BCUT2D eigenvalue weighted by molar-refractivity contribution is -0.136. The van der Waals surface area contributed by atoms with Crippen molar-refractivity contribution in [1.82, 2.24) is 0 Å². The molecule has 6 heteroatoms. The molecule has 6 nitrogen and oxygen atoms in total. The van der Waals surface area contributed by atoms with Crippen LogP contribution < -0.4 is 0 Å². The molecule has 5 N–H and O–H groups in total. The number of aliphatic hydroxyl groups excluding tert-OH is 5. The van der Waals surface area contributed by atoms with Crippen LogP contribution in [0, 0.1) is 0 Å². The third-order valence-corrected chi connectivity index (χ3v) is 1.42. The Labute approximate surface area is 68.7 Å². The Hall–Kier alpha value is -0.530. The summed E-state index contributed by atoms with van der Waals surface area (Å²) in [6.07, 6.45) is -6.84. The zero-order valence-electron chi connectivity index (χ0n) is 6.24. The van der Waals surface area contributed by atoms with Crippen LogP contribution in [0.2, 0.25) is 0 Å². The van der Waals surface area contributed by atoms with Gasteiger partial charge in [-0.2, -0.15) is 0 Å². The quantitative estimate of drug-likeness (QED) is 0.223. The summed E-state index contributed by atoms with van der Waals surface area (Å²) < 4.78 is 0. The number of hydrogen-bond acceptors (Lipinski definition) is 6. The first kappa shape index (κ1) is 11.5. The van der Waals surface area contributed by atoms with E-state index in [0.29, 0.717) is 0 Å². The Morgan fingerprint density at radius 2 is 1.58 bits per heavy atom. The molecule has 0 aromatic rings. The van der Waals surface area contributed by atoms with Crippen molar-refractivity contribution in [2.24, 2.45) is 0 Å². The summed E-state index contributed by atoms with van der Waals surface area (Å²) in [6.45, 7) is -0.760. The van der Waals surface area contributed by atoms with Gasteiger partial charge < -0.3 is 30.3 Å². The van der Waals surface area contributed by atoms with Crippen molar-refractivity contribution in [3.8, 4) is 0 Å². The first-order valence-electron chi connectivity index (χ1n) is 3.33. The second-order valence-corrected chi connectivity index (χ2v) is 2.36. The van der Waals surface area contributed by atoms with Gasteiger partial charge in [0.15, 0.2) is 6.29 Å². The average molecular weight is 182 g/mol. The normalized spacial score (nSPS) is 21.1. The van der Waals surface area contributed by atoms with Crippen LogP contribution in [0.1, 0.15) is 0 Å². The predicted molar refractivity (Wildman–Crippen MR) is 37.2 cm³/mol. The van der Waals surface area contributed by atoms with Crippen LogP contribution in [-0.2, 0) is 4.79 Å². The Morgan fingerprint density at radius 1 is 1.08 bits per heavy atom. The van der Waals surface area contributed by atoms with E-state index in [0.717, 1.165) is 0 Å². The topological polar surface area (TPSA) is 118 Å². The molecule has 0 aliphatic heterocycles. The summed E-state index contributed by atoms with van der Waals surface area (Å²) in [7, 11) is 0. The molecule has 0 bridgehead atoms. The third-order valence-electron chi connectivity index (χ3n) is 1.42. The van der Waals surface area contributed by atoms with Crippen LogP contribution in [0.25, 0.3) is 0 Å². The molecule has 0 fully saturated rings. The molecule has 0 unspecified atom stereocenters. The van der Waals surface area contributed by atoms with Gasteiger partial charge in [0.2, 0.25) is 0 Å². The monoisotopic (exact) mass is 182 g/mol. The van der Waals surface area contributed by atoms with Gasteiger partial charge in [0.25, 0.3) is 0 Å². The Kier molecular flexibility index (Phi) is 4.95. The first-order chi connectivity index (χ1) is 5.54. The molecule has 0 radical (unpaired) electrons. The van der Waals surface area contributed by atoms with Gasteiger partial charge in [-0.25, -0.2) is 0 Å². The number of rotatable bonds is 5. The molecule has 0 saturated heterocycles. The van der Waals surface area contributed by atoms with E-state index < -0.39 is 31.0 Å². The summed E-state index contributed by atoms with van der Waals surface area (Å²) in [6, 6.07) is 0. The molecule has 12 heavy (non-hydrogen) atoms. The van der Waals surface area contributed by atoms with Gasteiger partial charge in [-0.1, -0.05) is 0 Å². The molecule has 0 spiro atoms. The molecule has 0 saturated carbocycles. The second-order valence-electron chi connectivity index (χ2n) is 2.36. The van der Waals surface area contributed by atoms with Crippen LogP contribution in [-0.4, -0.2) is 62.8 Å². The Bertz CT molecular complexity index is 138. The number of aliphatic hydroxyl groups is 5. The van der Waals surface area contributed by atoms with Crippen molar-refractivity contribution < 1.29 is 30.3 Å². The fourth-order valence-corrected chi connectivity index (χ4v) is 0.618. The van der Waals surface area contributed by atoms with Gasteiger partial charge in [0.1, 0.15) is 24.4 Å². The summed E-state index contributed by atoms with van der Waals surface area (Å²) in [5.74, 6) is 0. The van der Waals surface area contributed by atoms with Gasteiger partial charge in [-0.15, -0.1) is 0 Å². The Morgan fingerprint density at radius 3 is 1.92 bits per heavy atom. The molecule has 0 amide bonds. The molecular formula is C6H12O6. The van der Waals surface area contributed by atoms with Crippen molar-refractivity contribution in [2.75, 3.05) is 6.61 Å². The van der Waals surface area contributed by atoms with Gasteiger partial charge in [-0.05, 0) is 0 Å². The SMILES string of the molecule is O=[13CH][C@H](O)[13C@@H](O)[C@H](O)[C@H](O)CO. The van der Waals surface area contributed by atoms with Crippen LogP contribution in [0.15, 0.2) is 0 Å². The molecular weight excluding hydrogens is 170 g/mol. The number of aldehydes is 1. The number of hydrogen-bond donors (Lipinski definition) is 5. The summed E-state index contributed by atoms with van der Waals surface area (Å²) >= 11 is 0. The van der Waals surface area contributed by atoms with Gasteiger partial charge >= 0.3 is 0 Å².